The highest BCUT2D eigenvalue weighted by Crippen LogP contribution is 2.32. The lowest BCUT2D eigenvalue weighted by Crippen LogP contribution is -2.45. The van der Waals surface area contributed by atoms with Crippen LogP contribution >= 0.6 is 11.3 Å². The number of cyclic esters (lactones) is 1. The summed E-state index contributed by atoms with van der Waals surface area (Å²) in [7, 11) is 0. The molecule has 35 heavy (non-hydrogen) atoms. The number of aryl methyl sites for hydroxylation is 1. The number of allylic oxidation sites excluding steroid dienone is 1. The van der Waals surface area contributed by atoms with Crippen LogP contribution in [0.1, 0.15) is 90.3 Å². The molecule has 0 radical (unpaired) electrons. The van der Waals surface area contributed by atoms with E-state index in [-0.39, 0.29) is 18.1 Å². The van der Waals surface area contributed by atoms with Crippen LogP contribution in [0.25, 0.3) is 6.08 Å². The average molecular weight is 506 g/mol. The molecule has 0 saturated carbocycles. The predicted molar refractivity (Wildman–Crippen MR) is 141 cm³/mol. The monoisotopic (exact) mass is 505 g/mol. The number of hydrogen-bond donors (Lipinski definition) is 2. The highest BCUT2D eigenvalue weighted by atomic mass is 32.1. The van der Waals surface area contributed by atoms with Gasteiger partial charge in [-0.1, -0.05) is 52.7 Å². The normalized spacial score (nSPS) is 31.3. The third kappa shape index (κ3) is 8.65. The molecule has 1 aromatic heterocycles. The number of esters is 1. The van der Waals surface area contributed by atoms with E-state index >= 15 is 0 Å². The van der Waals surface area contributed by atoms with Crippen LogP contribution in [0.3, 0.4) is 0 Å². The van der Waals surface area contributed by atoms with Gasteiger partial charge >= 0.3 is 5.97 Å². The Labute approximate surface area is 214 Å². The van der Waals surface area contributed by atoms with E-state index < -0.39 is 35.6 Å². The minimum absolute atomic E-state index is 0.0155. The van der Waals surface area contributed by atoms with Crippen molar-refractivity contribution in [2.45, 2.75) is 105 Å². The molecule has 0 spiro atoms. The first kappa shape index (κ1) is 29.4. The Hall–Kier alpha value is -1.83. The van der Waals surface area contributed by atoms with Gasteiger partial charge in [-0.3, -0.25) is 9.59 Å². The van der Waals surface area contributed by atoms with Crippen molar-refractivity contribution in [2.24, 2.45) is 17.3 Å². The van der Waals surface area contributed by atoms with Crippen molar-refractivity contribution >= 4 is 29.2 Å². The minimum Gasteiger partial charge on any atom is -0.457 e. The number of ketones is 1. The van der Waals surface area contributed by atoms with Crippen LogP contribution < -0.4 is 0 Å². The van der Waals surface area contributed by atoms with Crippen molar-refractivity contribution < 1.29 is 24.5 Å². The van der Waals surface area contributed by atoms with Crippen LogP contribution in [0.2, 0.25) is 0 Å². The van der Waals surface area contributed by atoms with E-state index in [1.165, 1.54) is 0 Å². The molecule has 196 valence electrons. The van der Waals surface area contributed by atoms with Gasteiger partial charge in [0.25, 0.3) is 0 Å². The second-order valence-electron chi connectivity index (χ2n) is 10.6. The predicted octanol–water partition coefficient (Wildman–Crippen LogP) is 5.66. The Balaban J connectivity index is 2.25. The number of hydrogen-bond acceptors (Lipinski definition) is 7. The lowest BCUT2D eigenvalue weighted by molar-refractivity contribution is -0.154. The zero-order valence-corrected chi connectivity index (χ0v) is 22.9. The molecule has 0 aromatic carbocycles. The summed E-state index contributed by atoms with van der Waals surface area (Å²) >= 11 is 1.56. The largest absolute Gasteiger partial charge is 0.457 e. The Kier molecular flexibility index (Phi) is 11.3. The molecule has 0 saturated heterocycles. The van der Waals surface area contributed by atoms with E-state index in [1.54, 1.807) is 32.1 Å². The molecular formula is C28H43NO5S. The molecular weight excluding hydrogens is 462 g/mol. The third-order valence-corrected chi connectivity index (χ3v) is 7.97. The highest BCUT2D eigenvalue weighted by molar-refractivity contribution is 7.09. The van der Waals surface area contributed by atoms with E-state index in [0.717, 1.165) is 48.4 Å². The van der Waals surface area contributed by atoms with Crippen LogP contribution in [0.15, 0.2) is 23.1 Å². The lowest BCUT2D eigenvalue weighted by atomic mass is 9.73. The number of ether oxygens (including phenoxy) is 1. The average Bonchev–Trinajstić information content (AvgIpc) is 3.21. The summed E-state index contributed by atoms with van der Waals surface area (Å²) in [6.07, 6.45) is 8.74. The molecule has 5 atom stereocenters. The number of aliphatic hydroxyl groups is 2. The van der Waals surface area contributed by atoms with Gasteiger partial charge in [0.05, 0.1) is 34.7 Å². The first-order valence-corrected chi connectivity index (χ1v) is 13.7. The highest BCUT2D eigenvalue weighted by Gasteiger charge is 2.42. The lowest BCUT2D eigenvalue weighted by Gasteiger charge is -2.34. The minimum atomic E-state index is -1.21. The van der Waals surface area contributed by atoms with E-state index in [4.69, 9.17) is 4.74 Å². The van der Waals surface area contributed by atoms with Gasteiger partial charge in [-0.05, 0) is 50.7 Å². The first-order valence-electron chi connectivity index (χ1n) is 12.8. The molecule has 1 aliphatic heterocycles. The molecule has 0 unspecified atom stereocenters. The quantitative estimate of drug-likeness (QED) is 0.398. The molecule has 1 aliphatic rings. The topological polar surface area (TPSA) is 96.7 Å². The second kappa shape index (κ2) is 13.5. The van der Waals surface area contributed by atoms with Crippen molar-refractivity contribution in [3.05, 3.63) is 33.8 Å². The van der Waals surface area contributed by atoms with Crippen molar-refractivity contribution in [3.63, 3.8) is 0 Å². The van der Waals surface area contributed by atoms with Gasteiger partial charge in [0.2, 0.25) is 0 Å². The third-order valence-electron chi connectivity index (χ3n) is 7.18. The summed E-state index contributed by atoms with van der Waals surface area (Å²) in [5.74, 6) is -1.44. The smallest absolute Gasteiger partial charge is 0.309 e. The molecule has 1 aromatic rings. The Morgan fingerprint density at radius 2 is 1.89 bits per heavy atom. The molecule has 0 fully saturated rings. The number of nitrogens with zero attached hydrogens (tertiary/aromatic N) is 1. The van der Waals surface area contributed by atoms with Crippen molar-refractivity contribution in [2.75, 3.05) is 0 Å². The summed E-state index contributed by atoms with van der Waals surface area (Å²) in [5.41, 5.74) is 0.513. The standard InChI is InChI=1S/C28H43NO5S/c1-18-13-11-9-7-8-10-12-14-23(19(2)15-22-17-35-21(4)29-22)34-25(31)16-24(30)28(5,6)27(33)20(3)26(18)32/h10,12,15,17-18,20,23-24,26,30,32H,7-9,11,13-14,16H2,1-6H3/b12-10-,19-15+/t18-,20+,23-,24-,26-/m0/s1. The summed E-state index contributed by atoms with van der Waals surface area (Å²) in [4.78, 5) is 30.5. The molecule has 0 amide bonds. The van der Waals surface area contributed by atoms with E-state index in [9.17, 15) is 19.8 Å². The Morgan fingerprint density at radius 1 is 1.17 bits per heavy atom. The maximum Gasteiger partial charge on any atom is 0.309 e. The molecule has 2 rings (SSSR count). The van der Waals surface area contributed by atoms with Crippen LogP contribution in [0.5, 0.6) is 0 Å². The summed E-state index contributed by atoms with van der Waals surface area (Å²) < 4.78 is 5.80. The van der Waals surface area contributed by atoms with Crippen LogP contribution in [-0.4, -0.2) is 45.3 Å². The molecule has 7 heteroatoms. The maximum atomic E-state index is 13.2. The zero-order valence-electron chi connectivity index (χ0n) is 22.1. The van der Waals surface area contributed by atoms with Gasteiger partial charge in [0.1, 0.15) is 11.9 Å². The van der Waals surface area contributed by atoms with Gasteiger partial charge in [-0.2, -0.15) is 0 Å². The molecule has 2 heterocycles. The van der Waals surface area contributed by atoms with E-state index in [2.05, 4.69) is 11.1 Å². The summed E-state index contributed by atoms with van der Waals surface area (Å²) in [6.45, 7) is 10.8. The fourth-order valence-corrected chi connectivity index (χ4v) is 5.10. The molecule has 0 bridgehead atoms. The Bertz CT molecular complexity index is 903. The van der Waals surface area contributed by atoms with Crippen LogP contribution in [0.4, 0.5) is 0 Å². The maximum absolute atomic E-state index is 13.2. The second-order valence-corrected chi connectivity index (χ2v) is 11.6. The zero-order chi connectivity index (χ0) is 26.2. The van der Waals surface area contributed by atoms with Gasteiger partial charge in [-0.15, -0.1) is 11.3 Å². The number of Topliss-reactive ketones (excluding diaryl/α,β-unsaturated/α-hetero) is 1. The number of aromatic nitrogens is 1. The van der Waals surface area contributed by atoms with Gasteiger partial charge in [0, 0.05) is 17.7 Å². The molecule has 6 nitrogen and oxygen atoms in total. The number of rotatable bonds is 2. The number of aliphatic hydroxyl groups excluding tert-OH is 2. The fraction of sp³-hybridized carbons (Fsp3) is 0.679. The molecule has 2 N–H and O–H groups in total. The number of carbonyl (C=O) groups is 2. The molecule has 0 aliphatic carbocycles. The number of thiazole rings is 1. The van der Waals surface area contributed by atoms with Gasteiger partial charge in [0.15, 0.2) is 0 Å². The van der Waals surface area contributed by atoms with Crippen LogP contribution in [0, 0.1) is 24.2 Å². The van der Waals surface area contributed by atoms with Crippen molar-refractivity contribution in [1.29, 1.82) is 0 Å². The number of carbonyl (C=O) groups excluding carboxylic acids is 2. The van der Waals surface area contributed by atoms with Crippen molar-refractivity contribution in [3.8, 4) is 0 Å². The Morgan fingerprint density at radius 3 is 2.54 bits per heavy atom. The van der Waals surface area contributed by atoms with Crippen LogP contribution in [-0.2, 0) is 14.3 Å². The van der Waals surface area contributed by atoms with Gasteiger partial charge < -0.3 is 14.9 Å². The van der Waals surface area contributed by atoms with E-state index in [0.29, 0.717) is 6.42 Å². The fourth-order valence-electron chi connectivity index (χ4n) is 4.53. The SMILES string of the molecule is C/C(=C\c1csc(C)n1)[C@@H]1C/C=C\CCCCC[C@H](C)[C@H](O)[C@@H](C)C(=O)C(C)(C)[C@@H](O)CC(=O)O1. The van der Waals surface area contributed by atoms with Crippen molar-refractivity contribution in [1.82, 2.24) is 4.98 Å². The van der Waals surface area contributed by atoms with Gasteiger partial charge in [-0.25, -0.2) is 4.98 Å². The van der Waals surface area contributed by atoms with E-state index in [1.807, 2.05) is 38.3 Å². The summed E-state index contributed by atoms with van der Waals surface area (Å²) in [6, 6.07) is 0. The summed E-state index contributed by atoms with van der Waals surface area (Å²) in [5, 5.41) is 24.6. The first-order chi connectivity index (χ1) is 16.4.